The summed E-state index contributed by atoms with van der Waals surface area (Å²) in [5.74, 6) is -0.372. The first-order valence-electron chi connectivity index (χ1n) is 3.71. The molecule has 0 N–H and O–H groups in total. The molecule has 0 aliphatic carbocycles. The van der Waals surface area contributed by atoms with Crippen molar-refractivity contribution in [3.63, 3.8) is 0 Å². The van der Waals surface area contributed by atoms with Crippen molar-refractivity contribution in [3.8, 4) is 0 Å². The SMILES string of the molecule is C=CC(=O)O[N+](C)(C)CCC.[Cl-]. The molecule has 0 unspecified atom stereocenters. The lowest BCUT2D eigenvalue weighted by Gasteiger charge is -2.24. The van der Waals surface area contributed by atoms with Gasteiger partial charge in [-0.25, -0.2) is 4.79 Å². The van der Waals surface area contributed by atoms with Gasteiger partial charge in [-0.2, -0.15) is 0 Å². The van der Waals surface area contributed by atoms with Gasteiger partial charge in [-0.05, 0) is 6.42 Å². The van der Waals surface area contributed by atoms with E-state index in [-0.39, 0.29) is 23.0 Å². The molecule has 4 heteroatoms. The first-order chi connectivity index (χ1) is 5.02. The van der Waals surface area contributed by atoms with Gasteiger partial charge in [0.05, 0.1) is 0 Å². The largest absolute Gasteiger partial charge is 1.00 e. The van der Waals surface area contributed by atoms with Crippen molar-refractivity contribution in [3.05, 3.63) is 12.7 Å². The average molecular weight is 194 g/mol. The number of halogens is 1. The molecular formula is C8H16ClNO2. The smallest absolute Gasteiger partial charge is 0.389 e. The summed E-state index contributed by atoms with van der Waals surface area (Å²) < 4.78 is 0.265. The topological polar surface area (TPSA) is 26.3 Å². The van der Waals surface area contributed by atoms with Crippen molar-refractivity contribution in [1.29, 1.82) is 0 Å². The highest BCUT2D eigenvalue weighted by molar-refractivity contribution is 5.80. The fourth-order valence-corrected chi connectivity index (χ4v) is 0.865. The number of hydrogen-bond donors (Lipinski definition) is 0. The Hall–Kier alpha value is -0.540. The molecule has 0 aliphatic rings. The van der Waals surface area contributed by atoms with Gasteiger partial charge in [-0.3, -0.25) is 4.84 Å². The van der Waals surface area contributed by atoms with Gasteiger partial charge in [-0.15, -0.1) is 4.65 Å². The lowest BCUT2D eigenvalue weighted by Crippen LogP contribution is -3.00. The van der Waals surface area contributed by atoms with E-state index in [1.54, 1.807) is 0 Å². The van der Waals surface area contributed by atoms with Gasteiger partial charge in [0.2, 0.25) is 0 Å². The standard InChI is InChI=1S/C8H16NO2.ClH/c1-5-7-9(3,4)11-8(10)6-2;/h6H,2,5,7H2,1,3-4H3;1H/q+1;/p-1. The monoisotopic (exact) mass is 193 g/mol. The highest BCUT2D eigenvalue weighted by Crippen LogP contribution is 2.00. The molecule has 0 radical (unpaired) electrons. The molecule has 72 valence electrons. The minimum atomic E-state index is -0.372. The quantitative estimate of drug-likeness (QED) is 0.297. The zero-order chi connectivity index (χ0) is 8.91. The van der Waals surface area contributed by atoms with Crippen molar-refractivity contribution >= 4 is 5.97 Å². The third-order valence-electron chi connectivity index (χ3n) is 1.27. The van der Waals surface area contributed by atoms with Crippen LogP contribution in [-0.4, -0.2) is 31.3 Å². The first kappa shape index (κ1) is 14.0. The maximum absolute atomic E-state index is 10.7. The molecule has 0 heterocycles. The second-order valence-electron chi connectivity index (χ2n) is 2.91. The normalized spacial score (nSPS) is 9.92. The van der Waals surface area contributed by atoms with E-state index in [1.165, 1.54) is 6.08 Å². The van der Waals surface area contributed by atoms with Crippen LogP contribution >= 0.6 is 0 Å². The van der Waals surface area contributed by atoms with E-state index in [2.05, 4.69) is 6.58 Å². The third kappa shape index (κ3) is 6.19. The van der Waals surface area contributed by atoms with Crippen LogP contribution < -0.4 is 12.4 Å². The van der Waals surface area contributed by atoms with E-state index in [1.807, 2.05) is 21.0 Å². The number of hydroxylamine groups is 3. The van der Waals surface area contributed by atoms with E-state index in [0.29, 0.717) is 0 Å². The molecule has 0 spiro atoms. The predicted octanol–water partition coefficient (Wildman–Crippen LogP) is -1.88. The third-order valence-corrected chi connectivity index (χ3v) is 1.27. The molecule has 0 amide bonds. The number of quaternary nitrogens is 1. The maximum Gasteiger partial charge on any atom is 0.389 e. The van der Waals surface area contributed by atoms with Crippen LogP contribution in [0.15, 0.2) is 12.7 Å². The molecule has 0 fully saturated rings. The second kappa shape index (κ2) is 6.03. The number of hydrogen-bond acceptors (Lipinski definition) is 2. The molecule has 0 atom stereocenters. The molecule has 0 saturated carbocycles. The number of carbonyl (C=O) groups is 1. The first-order valence-corrected chi connectivity index (χ1v) is 3.71. The van der Waals surface area contributed by atoms with Crippen molar-refractivity contribution < 1.29 is 26.7 Å². The maximum atomic E-state index is 10.7. The Morgan fingerprint density at radius 2 is 2.08 bits per heavy atom. The Morgan fingerprint density at radius 1 is 1.58 bits per heavy atom. The summed E-state index contributed by atoms with van der Waals surface area (Å²) in [5, 5.41) is 0. The minimum Gasteiger partial charge on any atom is -1.00 e. The molecule has 3 nitrogen and oxygen atoms in total. The molecule has 0 aromatic heterocycles. The van der Waals surface area contributed by atoms with Crippen LogP contribution in [-0.2, 0) is 9.63 Å². The lowest BCUT2D eigenvalue weighted by molar-refractivity contribution is -1.06. The van der Waals surface area contributed by atoms with Gasteiger partial charge in [0.1, 0.15) is 20.6 Å². The van der Waals surface area contributed by atoms with Gasteiger partial charge in [0, 0.05) is 6.08 Å². The highest BCUT2D eigenvalue weighted by atomic mass is 35.5. The average Bonchev–Trinajstić information content (AvgIpc) is 1.86. The summed E-state index contributed by atoms with van der Waals surface area (Å²) in [5.41, 5.74) is 0. The fourth-order valence-electron chi connectivity index (χ4n) is 0.865. The van der Waals surface area contributed by atoms with Crippen LogP contribution in [0.3, 0.4) is 0 Å². The molecule has 0 saturated heterocycles. The van der Waals surface area contributed by atoms with Crippen LogP contribution in [0.1, 0.15) is 13.3 Å². The van der Waals surface area contributed by atoms with Crippen LogP contribution in [0.4, 0.5) is 0 Å². The lowest BCUT2D eigenvalue weighted by atomic mass is 10.4. The van der Waals surface area contributed by atoms with Gasteiger partial charge < -0.3 is 12.4 Å². The van der Waals surface area contributed by atoms with E-state index in [9.17, 15) is 4.79 Å². The Morgan fingerprint density at radius 3 is 2.42 bits per heavy atom. The Kier molecular flexibility index (Phi) is 7.04. The van der Waals surface area contributed by atoms with E-state index >= 15 is 0 Å². The zero-order valence-electron chi connectivity index (χ0n) is 7.84. The van der Waals surface area contributed by atoms with E-state index in [0.717, 1.165) is 13.0 Å². The Labute approximate surface area is 80.0 Å². The molecule has 0 aromatic carbocycles. The predicted molar refractivity (Wildman–Crippen MR) is 43.6 cm³/mol. The van der Waals surface area contributed by atoms with E-state index < -0.39 is 0 Å². The number of rotatable bonds is 4. The fraction of sp³-hybridized carbons (Fsp3) is 0.625. The summed E-state index contributed by atoms with van der Waals surface area (Å²) in [7, 11) is 3.68. The van der Waals surface area contributed by atoms with Gasteiger partial charge in [0.15, 0.2) is 0 Å². The van der Waals surface area contributed by atoms with E-state index in [4.69, 9.17) is 4.84 Å². The van der Waals surface area contributed by atoms with Gasteiger partial charge in [-0.1, -0.05) is 13.5 Å². The molecular weight excluding hydrogens is 178 g/mol. The molecule has 0 bridgehead atoms. The molecule has 0 rings (SSSR count). The summed E-state index contributed by atoms with van der Waals surface area (Å²) in [4.78, 5) is 15.8. The number of nitrogens with zero attached hydrogens (tertiary/aromatic N) is 1. The summed E-state index contributed by atoms with van der Waals surface area (Å²) in [6.45, 7) is 6.18. The summed E-state index contributed by atoms with van der Waals surface area (Å²) in [6, 6.07) is 0. The van der Waals surface area contributed by atoms with Crippen LogP contribution in [0, 0.1) is 0 Å². The van der Waals surface area contributed by atoms with Crippen molar-refractivity contribution in [2.24, 2.45) is 0 Å². The highest BCUT2D eigenvalue weighted by Gasteiger charge is 2.18. The summed E-state index contributed by atoms with van der Waals surface area (Å²) in [6.07, 6.45) is 2.16. The van der Waals surface area contributed by atoms with Crippen molar-refractivity contribution in [2.75, 3.05) is 20.6 Å². The van der Waals surface area contributed by atoms with Crippen LogP contribution in [0.5, 0.6) is 0 Å². The minimum absolute atomic E-state index is 0. The molecule has 0 aliphatic heterocycles. The van der Waals surface area contributed by atoms with Crippen molar-refractivity contribution in [1.82, 2.24) is 0 Å². The zero-order valence-corrected chi connectivity index (χ0v) is 8.60. The van der Waals surface area contributed by atoms with Crippen molar-refractivity contribution in [2.45, 2.75) is 13.3 Å². The molecule has 12 heavy (non-hydrogen) atoms. The summed E-state index contributed by atoms with van der Waals surface area (Å²) >= 11 is 0. The van der Waals surface area contributed by atoms with Crippen LogP contribution in [0.2, 0.25) is 0 Å². The number of carbonyl (C=O) groups excluding carboxylic acids is 1. The molecule has 0 aromatic rings. The van der Waals surface area contributed by atoms with Gasteiger partial charge in [0.25, 0.3) is 0 Å². The Bertz CT molecular complexity index is 157. The van der Waals surface area contributed by atoms with Gasteiger partial charge >= 0.3 is 5.97 Å². The Balaban J connectivity index is 0. The second-order valence-corrected chi connectivity index (χ2v) is 2.91. The van der Waals surface area contributed by atoms with Crippen LogP contribution in [0.25, 0.3) is 0 Å².